The number of hydrogen-bond donors (Lipinski definition) is 2. The fraction of sp³-hybridized carbons (Fsp3) is 0.308. The van der Waals surface area contributed by atoms with Gasteiger partial charge in [-0.05, 0) is 57.2 Å². The number of carbonyl (C=O) groups excluding carboxylic acids is 1. The lowest BCUT2D eigenvalue weighted by Crippen LogP contribution is -2.54. The Kier molecular flexibility index (Phi) is 5.75. The van der Waals surface area contributed by atoms with Gasteiger partial charge < -0.3 is 20.3 Å². The van der Waals surface area contributed by atoms with E-state index in [0.717, 1.165) is 40.8 Å². The lowest BCUT2D eigenvalue weighted by Gasteiger charge is -2.38. The van der Waals surface area contributed by atoms with Crippen molar-refractivity contribution in [2.75, 3.05) is 30.4 Å². The van der Waals surface area contributed by atoms with Gasteiger partial charge in [-0.25, -0.2) is 4.98 Å². The fourth-order valence-corrected chi connectivity index (χ4v) is 4.67. The molecule has 4 aromatic rings. The van der Waals surface area contributed by atoms with E-state index < -0.39 is 0 Å². The van der Waals surface area contributed by atoms with Gasteiger partial charge in [0.15, 0.2) is 0 Å². The Morgan fingerprint density at radius 3 is 2.65 bits per heavy atom. The van der Waals surface area contributed by atoms with Crippen molar-refractivity contribution < 1.29 is 9.53 Å². The van der Waals surface area contributed by atoms with Gasteiger partial charge in [-0.3, -0.25) is 9.78 Å². The van der Waals surface area contributed by atoms with Crippen molar-refractivity contribution in [1.82, 2.24) is 20.3 Å². The summed E-state index contributed by atoms with van der Waals surface area (Å²) in [6.45, 7) is 8.03. The first-order valence-electron chi connectivity index (χ1n) is 11.4. The molecule has 2 atom stereocenters. The van der Waals surface area contributed by atoms with Gasteiger partial charge in [-0.1, -0.05) is 6.07 Å². The van der Waals surface area contributed by atoms with Crippen LogP contribution in [0.3, 0.4) is 0 Å². The van der Waals surface area contributed by atoms with E-state index in [1.165, 1.54) is 7.11 Å². The van der Waals surface area contributed by atoms with Gasteiger partial charge in [-0.15, -0.1) is 0 Å². The van der Waals surface area contributed by atoms with E-state index in [1.54, 1.807) is 6.20 Å². The second-order valence-corrected chi connectivity index (χ2v) is 8.94. The Labute approximate surface area is 198 Å². The van der Waals surface area contributed by atoms with Crippen LogP contribution in [0.4, 0.5) is 11.4 Å². The topological polar surface area (TPSA) is 92.3 Å². The highest BCUT2D eigenvalue weighted by atomic mass is 16.5. The highest BCUT2D eigenvalue weighted by molar-refractivity contribution is 6.14. The number of benzene rings is 2. The maximum absolute atomic E-state index is 13.4. The smallest absolute Gasteiger partial charge is 0.316 e. The molecule has 0 radical (unpaired) electrons. The molecule has 1 aliphatic rings. The highest BCUT2D eigenvalue weighted by Crippen LogP contribution is 2.31. The molecule has 174 valence electrons. The number of aryl methyl sites for hydroxylation is 1. The first-order chi connectivity index (χ1) is 16.4. The minimum atomic E-state index is -0.237. The summed E-state index contributed by atoms with van der Waals surface area (Å²) in [6, 6.07) is 14.4. The quantitative estimate of drug-likeness (QED) is 0.481. The molecule has 0 bridgehead atoms. The first-order valence-corrected chi connectivity index (χ1v) is 11.4. The largest absolute Gasteiger partial charge is 0.467 e. The molecule has 2 N–H and O–H groups in total. The Hall–Kier alpha value is -3.78. The summed E-state index contributed by atoms with van der Waals surface area (Å²) < 4.78 is 5.27. The normalized spacial score (nSPS) is 18.3. The third kappa shape index (κ3) is 4.24. The summed E-state index contributed by atoms with van der Waals surface area (Å²) in [7, 11) is 1.52. The molecule has 0 spiro atoms. The zero-order valence-corrected chi connectivity index (χ0v) is 19.8. The molecule has 2 aromatic heterocycles. The van der Waals surface area contributed by atoms with Gasteiger partial charge in [0.1, 0.15) is 0 Å². The van der Waals surface area contributed by atoms with E-state index in [9.17, 15) is 4.79 Å². The van der Waals surface area contributed by atoms with Crippen molar-refractivity contribution in [2.24, 2.45) is 0 Å². The number of aromatic nitrogens is 3. The van der Waals surface area contributed by atoms with Gasteiger partial charge >= 0.3 is 6.01 Å². The minimum absolute atomic E-state index is 0.230. The molecule has 5 rings (SSSR count). The van der Waals surface area contributed by atoms with E-state index in [0.29, 0.717) is 28.9 Å². The number of rotatable bonds is 4. The zero-order chi connectivity index (χ0) is 23.8. The van der Waals surface area contributed by atoms with Crippen molar-refractivity contribution >= 4 is 39.1 Å². The van der Waals surface area contributed by atoms with Crippen LogP contribution in [0.15, 0.2) is 48.7 Å². The van der Waals surface area contributed by atoms with E-state index >= 15 is 0 Å². The standard InChI is InChI=1S/C26H28N6O2/c1-15-5-6-18-11-19(7-9-22(18)29-15)30-25(33)20-8-10-23(32-13-16(2)28-17(3)14-32)21-12-27-26(34-4)31-24(20)21/h5-12,16-17,28H,13-14H2,1-4H3,(H,30,33)/t16-,17+. The summed E-state index contributed by atoms with van der Waals surface area (Å²) in [5.41, 5.74) is 4.60. The van der Waals surface area contributed by atoms with Crippen molar-refractivity contribution in [3.8, 4) is 6.01 Å². The molecule has 0 aliphatic carbocycles. The number of amides is 1. The molecule has 3 heterocycles. The minimum Gasteiger partial charge on any atom is -0.467 e. The van der Waals surface area contributed by atoms with Crippen LogP contribution in [0.5, 0.6) is 6.01 Å². The summed E-state index contributed by atoms with van der Waals surface area (Å²) in [5.74, 6) is -0.237. The first kappa shape index (κ1) is 22.0. The molecular weight excluding hydrogens is 428 g/mol. The zero-order valence-electron chi connectivity index (χ0n) is 19.8. The SMILES string of the molecule is COc1ncc2c(N3C[C@@H](C)N[C@@H](C)C3)ccc(C(=O)Nc3ccc4nc(C)ccc4c3)c2n1. The number of anilines is 2. The Bertz CT molecular complexity index is 1380. The van der Waals surface area contributed by atoms with Crippen LogP contribution in [-0.2, 0) is 0 Å². The van der Waals surface area contributed by atoms with Crippen LogP contribution >= 0.6 is 0 Å². The van der Waals surface area contributed by atoms with Crippen LogP contribution in [0.2, 0.25) is 0 Å². The third-order valence-electron chi connectivity index (χ3n) is 6.12. The second-order valence-electron chi connectivity index (χ2n) is 8.94. The van der Waals surface area contributed by atoms with E-state index in [2.05, 4.69) is 44.3 Å². The number of nitrogens with one attached hydrogen (secondary N) is 2. The van der Waals surface area contributed by atoms with Gasteiger partial charge in [0, 0.05) is 59.2 Å². The Morgan fingerprint density at radius 2 is 1.88 bits per heavy atom. The third-order valence-corrected chi connectivity index (χ3v) is 6.12. The molecule has 1 aliphatic heterocycles. The van der Waals surface area contributed by atoms with Crippen molar-refractivity contribution in [3.63, 3.8) is 0 Å². The fourth-order valence-electron chi connectivity index (χ4n) is 4.67. The Morgan fingerprint density at radius 1 is 1.09 bits per heavy atom. The van der Waals surface area contributed by atoms with Gasteiger partial charge in [0.05, 0.1) is 23.7 Å². The van der Waals surface area contributed by atoms with Crippen molar-refractivity contribution in [1.29, 1.82) is 0 Å². The van der Waals surface area contributed by atoms with E-state index in [1.807, 2.05) is 49.4 Å². The van der Waals surface area contributed by atoms with Gasteiger partial charge in [0.25, 0.3) is 5.91 Å². The lowest BCUT2D eigenvalue weighted by molar-refractivity contribution is 0.102. The summed E-state index contributed by atoms with van der Waals surface area (Å²) >= 11 is 0. The van der Waals surface area contributed by atoms with Crippen LogP contribution in [-0.4, -0.2) is 53.1 Å². The molecule has 8 heteroatoms. The molecule has 0 unspecified atom stereocenters. The summed E-state index contributed by atoms with van der Waals surface area (Å²) in [5, 5.41) is 8.37. The van der Waals surface area contributed by atoms with E-state index in [4.69, 9.17) is 4.74 Å². The maximum Gasteiger partial charge on any atom is 0.316 e. The van der Waals surface area contributed by atoms with Crippen molar-refractivity contribution in [2.45, 2.75) is 32.9 Å². The van der Waals surface area contributed by atoms with Crippen molar-refractivity contribution in [3.05, 3.63) is 59.9 Å². The number of piperazine rings is 1. The maximum atomic E-state index is 13.4. The number of carbonyl (C=O) groups is 1. The van der Waals surface area contributed by atoms with Gasteiger partial charge in [0.2, 0.25) is 0 Å². The molecular formula is C26H28N6O2. The average molecular weight is 457 g/mol. The van der Waals surface area contributed by atoms with E-state index in [-0.39, 0.29) is 11.9 Å². The average Bonchev–Trinajstić information content (AvgIpc) is 2.82. The second kappa shape index (κ2) is 8.87. The number of hydrogen-bond acceptors (Lipinski definition) is 7. The number of nitrogens with zero attached hydrogens (tertiary/aromatic N) is 4. The molecule has 0 saturated carbocycles. The Balaban J connectivity index is 1.52. The molecule has 1 fully saturated rings. The number of methoxy groups -OCH3 is 1. The summed E-state index contributed by atoms with van der Waals surface area (Å²) in [4.78, 5) is 29.1. The molecule has 1 saturated heterocycles. The molecule has 34 heavy (non-hydrogen) atoms. The van der Waals surface area contributed by atoms with Crippen LogP contribution < -0.4 is 20.3 Å². The predicted octanol–water partition coefficient (Wildman–Crippen LogP) is 3.93. The van der Waals surface area contributed by atoms with Gasteiger partial charge in [-0.2, -0.15) is 4.98 Å². The molecule has 8 nitrogen and oxygen atoms in total. The highest BCUT2D eigenvalue weighted by Gasteiger charge is 2.24. The summed E-state index contributed by atoms with van der Waals surface area (Å²) in [6.07, 6.45) is 1.74. The molecule has 1 amide bonds. The van der Waals surface area contributed by atoms with Crippen LogP contribution in [0.1, 0.15) is 29.9 Å². The number of ether oxygens (including phenoxy) is 1. The van der Waals surface area contributed by atoms with Crippen LogP contribution in [0.25, 0.3) is 21.8 Å². The van der Waals surface area contributed by atoms with Crippen LogP contribution in [0, 0.1) is 6.92 Å². The number of fused-ring (bicyclic) bond motifs is 2. The number of pyridine rings is 1. The lowest BCUT2D eigenvalue weighted by atomic mass is 10.0. The monoisotopic (exact) mass is 456 g/mol. The molecule has 2 aromatic carbocycles. The predicted molar refractivity (Wildman–Crippen MR) is 135 cm³/mol.